The Morgan fingerprint density at radius 3 is 2.85 bits per heavy atom. The van der Waals surface area contributed by atoms with Crippen LogP contribution in [0.5, 0.6) is 0 Å². The lowest BCUT2D eigenvalue weighted by Crippen LogP contribution is -2.09. The molecule has 0 radical (unpaired) electrons. The summed E-state index contributed by atoms with van der Waals surface area (Å²) in [6.07, 6.45) is 0. The predicted octanol–water partition coefficient (Wildman–Crippen LogP) is 4.66. The Morgan fingerprint density at radius 2 is 2.05 bits per heavy atom. The van der Waals surface area contributed by atoms with E-state index in [2.05, 4.69) is 24.3 Å². The van der Waals surface area contributed by atoms with E-state index < -0.39 is 0 Å². The number of nitrogens with one attached hydrogen (secondary N) is 1. The van der Waals surface area contributed by atoms with Crippen molar-refractivity contribution in [2.24, 2.45) is 5.73 Å². The summed E-state index contributed by atoms with van der Waals surface area (Å²) in [5.74, 6) is 0.930. The van der Waals surface area contributed by atoms with Crippen molar-refractivity contribution in [3.63, 3.8) is 0 Å². The monoisotopic (exact) mass is 320 g/mol. The molecule has 20 heavy (non-hydrogen) atoms. The molecule has 1 aliphatic rings. The Labute approximate surface area is 131 Å². The van der Waals surface area contributed by atoms with Crippen LogP contribution in [0, 0.1) is 5.41 Å². The molecule has 0 aliphatic carbocycles. The van der Waals surface area contributed by atoms with Crippen molar-refractivity contribution in [1.29, 1.82) is 5.41 Å². The van der Waals surface area contributed by atoms with Crippen molar-refractivity contribution in [3.05, 3.63) is 64.2 Å². The maximum atomic E-state index is 7.64. The van der Waals surface area contributed by atoms with Crippen molar-refractivity contribution >= 4 is 40.3 Å². The van der Waals surface area contributed by atoms with Gasteiger partial charge >= 0.3 is 0 Å². The van der Waals surface area contributed by atoms with E-state index in [1.54, 1.807) is 0 Å². The Morgan fingerprint density at radius 1 is 1.25 bits per heavy atom. The molecule has 1 aliphatic heterocycles. The number of rotatable bonds is 1. The molecule has 2 aromatic rings. The van der Waals surface area contributed by atoms with Crippen molar-refractivity contribution in [1.82, 2.24) is 0 Å². The van der Waals surface area contributed by atoms with Gasteiger partial charge in [-0.3, -0.25) is 5.41 Å². The van der Waals surface area contributed by atoms with Crippen LogP contribution in [0.1, 0.15) is 21.9 Å². The Kier molecular flexibility index (Phi) is 3.96. The summed E-state index contributed by atoms with van der Waals surface area (Å²) in [6, 6.07) is 14.3. The molecular weight excluding hydrogens is 308 g/mol. The number of nitrogens with two attached hydrogens (primary N) is 1. The molecule has 3 rings (SSSR count). The van der Waals surface area contributed by atoms with Crippen LogP contribution in [0.4, 0.5) is 0 Å². The van der Waals surface area contributed by atoms with Crippen LogP contribution in [0.3, 0.4) is 0 Å². The van der Waals surface area contributed by atoms with E-state index in [-0.39, 0.29) is 10.4 Å². The highest BCUT2D eigenvalue weighted by atomic mass is 35.5. The molecule has 2 aromatic carbocycles. The maximum absolute atomic E-state index is 7.64. The molecule has 102 valence electrons. The molecule has 1 unspecified atom stereocenters. The molecule has 3 N–H and O–H groups in total. The SMILES string of the molecule is N=C(N)SC1c2ccccc2CSc2ccc(Cl)cc21. The Bertz CT molecular complexity index is 673. The highest BCUT2D eigenvalue weighted by molar-refractivity contribution is 8.14. The first-order valence-electron chi connectivity index (χ1n) is 6.16. The lowest BCUT2D eigenvalue weighted by atomic mass is 10.00. The first kappa shape index (κ1) is 13.9. The van der Waals surface area contributed by atoms with Crippen LogP contribution in [0.2, 0.25) is 5.02 Å². The third kappa shape index (κ3) is 2.68. The van der Waals surface area contributed by atoms with E-state index in [1.807, 2.05) is 30.0 Å². The number of hydrogen-bond acceptors (Lipinski definition) is 3. The predicted molar refractivity (Wildman–Crippen MR) is 88.8 cm³/mol. The topological polar surface area (TPSA) is 49.9 Å². The second kappa shape index (κ2) is 5.72. The number of amidine groups is 1. The van der Waals surface area contributed by atoms with E-state index in [9.17, 15) is 0 Å². The lowest BCUT2D eigenvalue weighted by Gasteiger charge is -2.18. The molecule has 0 amide bonds. The number of thioether (sulfide) groups is 2. The van der Waals surface area contributed by atoms with Crippen molar-refractivity contribution in [2.75, 3.05) is 0 Å². The van der Waals surface area contributed by atoms with Gasteiger partial charge in [-0.1, -0.05) is 47.6 Å². The molecule has 2 nitrogen and oxygen atoms in total. The van der Waals surface area contributed by atoms with E-state index in [4.69, 9.17) is 22.7 Å². The highest BCUT2D eigenvalue weighted by Gasteiger charge is 2.25. The fraction of sp³-hybridized carbons (Fsp3) is 0.133. The Balaban J connectivity index is 2.18. The summed E-state index contributed by atoms with van der Waals surface area (Å²) in [7, 11) is 0. The van der Waals surface area contributed by atoms with E-state index >= 15 is 0 Å². The average Bonchev–Trinajstić information content (AvgIpc) is 2.57. The molecule has 1 heterocycles. The third-order valence-electron chi connectivity index (χ3n) is 3.22. The smallest absolute Gasteiger partial charge is 0.151 e. The van der Waals surface area contributed by atoms with Crippen LogP contribution in [0.25, 0.3) is 0 Å². The molecule has 1 atom stereocenters. The van der Waals surface area contributed by atoms with Crippen molar-refractivity contribution < 1.29 is 0 Å². The standard InChI is InChI=1S/C15H13ClN2S2/c16-10-5-6-13-12(7-10)14(20-15(17)18)11-4-2-1-3-9(11)8-19-13/h1-7,14H,8H2,(H3,17,18). The maximum Gasteiger partial charge on any atom is 0.151 e. The molecule has 0 bridgehead atoms. The fourth-order valence-corrected chi connectivity index (χ4v) is 4.62. The zero-order chi connectivity index (χ0) is 14.1. The quantitative estimate of drug-likeness (QED) is 0.593. The lowest BCUT2D eigenvalue weighted by molar-refractivity contribution is 1.09. The van der Waals surface area contributed by atoms with Gasteiger partial charge in [-0.05, 0) is 34.9 Å². The van der Waals surface area contributed by atoms with Crippen LogP contribution in [-0.4, -0.2) is 5.17 Å². The third-order valence-corrected chi connectivity index (χ3v) is 5.59. The fourth-order valence-electron chi connectivity index (χ4n) is 2.35. The molecule has 5 heteroatoms. The van der Waals surface area contributed by atoms with Gasteiger partial charge in [-0.25, -0.2) is 0 Å². The normalized spacial score (nSPS) is 16.9. The summed E-state index contributed by atoms with van der Waals surface area (Å²) >= 11 is 9.34. The van der Waals surface area contributed by atoms with Crippen LogP contribution >= 0.6 is 35.1 Å². The van der Waals surface area contributed by atoms with Gasteiger partial charge in [0.05, 0.1) is 5.25 Å². The van der Waals surface area contributed by atoms with Gasteiger partial charge in [0.1, 0.15) is 0 Å². The second-order valence-electron chi connectivity index (χ2n) is 4.53. The largest absolute Gasteiger partial charge is 0.379 e. The van der Waals surface area contributed by atoms with E-state index in [0.717, 1.165) is 16.3 Å². The van der Waals surface area contributed by atoms with Gasteiger partial charge in [0.2, 0.25) is 0 Å². The summed E-state index contributed by atoms with van der Waals surface area (Å²) < 4.78 is 0. The van der Waals surface area contributed by atoms with Gasteiger partial charge in [0.15, 0.2) is 5.17 Å². The number of fused-ring (bicyclic) bond motifs is 2. The van der Waals surface area contributed by atoms with Crippen LogP contribution in [0.15, 0.2) is 47.4 Å². The second-order valence-corrected chi connectivity index (χ2v) is 7.13. The van der Waals surface area contributed by atoms with Crippen LogP contribution in [-0.2, 0) is 5.75 Å². The zero-order valence-corrected chi connectivity index (χ0v) is 13.0. The molecule has 0 aromatic heterocycles. The summed E-state index contributed by atoms with van der Waals surface area (Å²) in [5, 5.41) is 8.52. The van der Waals surface area contributed by atoms with E-state index in [0.29, 0.717) is 0 Å². The number of hydrogen-bond donors (Lipinski definition) is 2. The zero-order valence-electron chi connectivity index (χ0n) is 10.6. The van der Waals surface area contributed by atoms with Crippen molar-refractivity contribution in [3.8, 4) is 0 Å². The summed E-state index contributed by atoms with van der Waals surface area (Å²) in [4.78, 5) is 1.21. The minimum absolute atomic E-state index is 0.0346. The van der Waals surface area contributed by atoms with Gasteiger partial charge < -0.3 is 5.73 Å². The molecule has 0 saturated heterocycles. The number of halogens is 1. The molecular formula is C15H13ClN2S2. The molecule has 0 spiro atoms. The average molecular weight is 321 g/mol. The minimum atomic E-state index is 0.0346. The highest BCUT2D eigenvalue weighted by Crippen LogP contribution is 2.46. The van der Waals surface area contributed by atoms with Crippen LogP contribution < -0.4 is 5.73 Å². The molecule has 0 saturated carbocycles. The van der Waals surface area contributed by atoms with Gasteiger partial charge in [-0.15, -0.1) is 11.8 Å². The van der Waals surface area contributed by atoms with E-state index in [1.165, 1.54) is 27.8 Å². The summed E-state index contributed by atoms with van der Waals surface area (Å²) in [5.41, 5.74) is 9.30. The van der Waals surface area contributed by atoms with Gasteiger partial charge in [0, 0.05) is 15.7 Å². The van der Waals surface area contributed by atoms with Gasteiger partial charge in [-0.2, -0.15) is 0 Å². The molecule has 0 fully saturated rings. The Hall–Kier alpha value is -1.10. The number of benzene rings is 2. The first-order valence-corrected chi connectivity index (χ1v) is 8.40. The van der Waals surface area contributed by atoms with Crippen molar-refractivity contribution in [2.45, 2.75) is 15.9 Å². The first-order chi connectivity index (χ1) is 9.65. The summed E-state index contributed by atoms with van der Waals surface area (Å²) in [6.45, 7) is 0. The van der Waals surface area contributed by atoms with Gasteiger partial charge in [0.25, 0.3) is 0 Å². The minimum Gasteiger partial charge on any atom is -0.379 e.